The van der Waals surface area contributed by atoms with Crippen molar-refractivity contribution in [1.82, 2.24) is 0 Å². The summed E-state index contributed by atoms with van der Waals surface area (Å²) in [6.07, 6.45) is 1.23. The number of ketones is 2. The molecule has 1 heterocycles. The largest absolute Gasteiger partial charge is 0.293 e. The normalized spacial score (nSPS) is 13.1. The van der Waals surface area contributed by atoms with E-state index in [1.165, 1.54) is 18.3 Å². The molecule has 0 fully saturated rings. The van der Waals surface area contributed by atoms with E-state index in [1.807, 2.05) is 0 Å². The molecule has 0 atom stereocenters. The van der Waals surface area contributed by atoms with Crippen LogP contribution in [0.15, 0.2) is 17.1 Å². The Bertz CT molecular complexity index is 496. The second-order valence-corrected chi connectivity index (χ2v) is 4.00. The fraction of sp³-hybridized carbons (Fsp3) is 0.100. The topological polar surface area (TPSA) is 46.5 Å². The molecule has 76 valence electrons. The molecule has 0 aromatic heterocycles. The van der Waals surface area contributed by atoms with Gasteiger partial charge in [0.25, 0.3) is 0 Å². The average molecular weight is 287 g/mol. The highest BCUT2D eigenvalue weighted by atomic mass is 79.9. The third-order valence-corrected chi connectivity index (χ3v) is 2.92. The van der Waals surface area contributed by atoms with E-state index in [1.54, 1.807) is 0 Å². The maximum absolute atomic E-state index is 11.5. The van der Waals surface area contributed by atoms with Crippen LogP contribution in [0.4, 0.5) is 5.69 Å². The minimum absolute atomic E-state index is 0.150. The molecule has 0 amide bonds. The third-order valence-electron chi connectivity index (χ3n) is 2.09. The summed E-state index contributed by atoms with van der Waals surface area (Å²) in [5.74, 6) is -0.340. The van der Waals surface area contributed by atoms with E-state index < -0.39 is 0 Å². The van der Waals surface area contributed by atoms with Crippen molar-refractivity contribution in [3.05, 3.63) is 28.3 Å². The van der Waals surface area contributed by atoms with E-state index in [-0.39, 0.29) is 16.9 Å². The van der Waals surface area contributed by atoms with Gasteiger partial charge in [-0.2, -0.15) is 0 Å². The molecule has 1 aliphatic rings. The maximum Gasteiger partial charge on any atom is 0.206 e. The van der Waals surface area contributed by atoms with Crippen molar-refractivity contribution in [3.63, 3.8) is 0 Å². The summed E-state index contributed by atoms with van der Waals surface area (Å²) in [6.45, 7) is 0. The highest BCUT2D eigenvalue weighted by Gasteiger charge is 2.20. The zero-order valence-electron chi connectivity index (χ0n) is 7.46. The number of alkyl halides is 1. The van der Waals surface area contributed by atoms with Crippen molar-refractivity contribution in [2.24, 2.45) is 4.99 Å². The molecule has 5 heteroatoms. The van der Waals surface area contributed by atoms with Crippen molar-refractivity contribution in [2.75, 3.05) is 5.33 Å². The molecule has 3 nitrogen and oxygen atoms in total. The molecule has 0 spiro atoms. The Hall–Kier alpha value is -1.00. The van der Waals surface area contributed by atoms with Gasteiger partial charge in [-0.1, -0.05) is 27.5 Å². The van der Waals surface area contributed by atoms with Gasteiger partial charge in [0.15, 0.2) is 5.78 Å². The predicted molar refractivity (Wildman–Crippen MR) is 62.1 cm³/mol. The number of halogens is 2. The van der Waals surface area contributed by atoms with Crippen LogP contribution in [0.1, 0.15) is 20.7 Å². The van der Waals surface area contributed by atoms with Crippen LogP contribution in [-0.2, 0) is 0 Å². The zero-order chi connectivity index (χ0) is 11.0. The quantitative estimate of drug-likeness (QED) is 0.620. The Balaban J connectivity index is 2.58. The second-order valence-electron chi connectivity index (χ2n) is 3.03. The maximum atomic E-state index is 11.5. The SMILES string of the molecule is O=C(CBr)c1cc2c(cc1Cl)N=CC2=O. The minimum Gasteiger partial charge on any atom is -0.293 e. The van der Waals surface area contributed by atoms with Gasteiger partial charge in [-0.05, 0) is 12.1 Å². The molecule has 0 saturated carbocycles. The predicted octanol–water partition coefficient (Wildman–Crippen LogP) is 2.82. The van der Waals surface area contributed by atoms with Gasteiger partial charge in [0.1, 0.15) is 0 Å². The Morgan fingerprint density at radius 3 is 2.87 bits per heavy atom. The van der Waals surface area contributed by atoms with Crippen molar-refractivity contribution in [2.45, 2.75) is 0 Å². The van der Waals surface area contributed by atoms with Crippen LogP contribution in [-0.4, -0.2) is 23.1 Å². The highest BCUT2D eigenvalue weighted by Crippen LogP contribution is 2.31. The standard InChI is InChI=1S/C10H5BrClNO2/c11-3-9(14)5-1-6-8(2-7(5)12)13-4-10(6)15/h1-2,4H,3H2. The lowest BCUT2D eigenvalue weighted by atomic mass is 10.0. The van der Waals surface area contributed by atoms with E-state index in [4.69, 9.17) is 11.6 Å². The van der Waals surface area contributed by atoms with Gasteiger partial charge in [0, 0.05) is 5.56 Å². The lowest BCUT2D eigenvalue weighted by Crippen LogP contribution is -2.03. The van der Waals surface area contributed by atoms with E-state index in [9.17, 15) is 9.59 Å². The molecule has 0 aliphatic carbocycles. The van der Waals surface area contributed by atoms with Gasteiger partial charge >= 0.3 is 0 Å². The van der Waals surface area contributed by atoms with Gasteiger partial charge < -0.3 is 0 Å². The molecule has 1 aliphatic heterocycles. The summed E-state index contributed by atoms with van der Waals surface area (Å²) in [7, 11) is 0. The molecule has 0 unspecified atom stereocenters. The molecule has 15 heavy (non-hydrogen) atoms. The monoisotopic (exact) mass is 285 g/mol. The van der Waals surface area contributed by atoms with Crippen LogP contribution in [0.2, 0.25) is 5.02 Å². The smallest absolute Gasteiger partial charge is 0.206 e. The molecule has 0 radical (unpaired) electrons. The minimum atomic E-state index is -0.190. The van der Waals surface area contributed by atoms with Crippen LogP contribution >= 0.6 is 27.5 Å². The van der Waals surface area contributed by atoms with Crippen molar-refractivity contribution in [1.29, 1.82) is 0 Å². The summed E-state index contributed by atoms with van der Waals surface area (Å²) < 4.78 is 0. The number of carbonyl (C=O) groups excluding carboxylic acids is 2. The first-order chi connectivity index (χ1) is 7.13. The van der Waals surface area contributed by atoms with Crippen molar-refractivity contribution >= 4 is 51.0 Å². The number of hydrogen-bond acceptors (Lipinski definition) is 3. The fourth-order valence-electron chi connectivity index (χ4n) is 1.35. The number of benzene rings is 1. The van der Waals surface area contributed by atoms with Crippen LogP contribution in [0.3, 0.4) is 0 Å². The summed E-state index contributed by atoms with van der Waals surface area (Å²) in [4.78, 5) is 26.7. The first kappa shape index (κ1) is 10.5. The average Bonchev–Trinajstić information content (AvgIpc) is 2.58. The van der Waals surface area contributed by atoms with E-state index >= 15 is 0 Å². The molecule has 0 bridgehead atoms. The van der Waals surface area contributed by atoms with Crippen molar-refractivity contribution in [3.8, 4) is 0 Å². The van der Waals surface area contributed by atoms with E-state index in [0.717, 1.165) is 0 Å². The third kappa shape index (κ3) is 1.75. The fourth-order valence-corrected chi connectivity index (χ4v) is 1.92. The number of aliphatic imine (C=N–C) groups is 1. The lowest BCUT2D eigenvalue weighted by molar-refractivity contribution is 0.102. The number of carbonyl (C=O) groups is 2. The number of hydrogen-bond donors (Lipinski definition) is 0. The van der Waals surface area contributed by atoms with E-state index in [2.05, 4.69) is 20.9 Å². The first-order valence-corrected chi connectivity index (χ1v) is 5.64. The summed E-state index contributed by atoms with van der Waals surface area (Å²) >= 11 is 8.96. The van der Waals surface area contributed by atoms with Crippen molar-refractivity contribution < 1.29 is 9.59 Å². The molecular formula is C10H5BrClNO2. The van der Waals surface area contributed by atoms with Gasteiger partial charge in [-0.25, -0.2) is 0 Å². The summed E-state index contributed by atoms with van der Waals surface area (Å²) in [5.41, 5.74) is 1.31. The molecule has 1 aromatic rings. The second kappa shape index (κ2) is 3.87. The van der Waals surface area contributed by atoms with Crippen LogP contribution in [0.25, 0.3) is 0 Å². The molecule has 2 rings (SSSR count). The number of nitrogens with zero attached hydrogens (tertiary/aromatic N) is 1. The summed E-state index contributed by atoms with van der Waals surface area (Å²) in [6, 6.07) is 3.03. The highest BCUT2D eigenvalue weighted by molar-refractivity contribution is 9.09. The van der Waals surface area contributed by atoms with Gasteiger partial charge in [-0.15, -0.1) is 0 Å². The molecule has 0 saturated heterocycles. The number of fused-ring (bicyclic) bond motifs is 1. The lowest BCUT2D eigenvalue weighted by Gasteiger charge is -2.03. The van der Waals surface area contributed by atoms with Gasteiger partial charge in [-0.3, -0.25) is 14.6 Å². The van der Waals surface area contributed by atoms with Crippen LogP contribution < -0.4 is 0 Å². The number of Topliss-reactive ketones (excluding diaryl/α,β-unsaturated/α-hetero) is 2. The number of rotatable bonds is 2. The Morgan fingerprint density at radius 1 is 1.47 bits per heavy atom. The Kier molecular flexibility index (Phi) is 2.71. The van der Waals surface area contributed by atoms with Crippen LogP contribution in [0.5, 0.6) is 0 Å². The van der Waals surface area contributed by atoms with Crippen LogP contribution in [0, 0.1) is 0 Å². The Labute approximate surface area is 99.3 Å². The van der Waals surface area contributed by atoms with Gasteiger partial charge in [0.2, 0.25) is 5.78 Å². The molecule has 0 N–H and O–H groups in total. The summed E-state index contributed by atoms with van der Waals surface area (Å²) in [5, 5.41) is 0.505. The Morgan fingerprint density at radius 2 is 2.20 bits per heavy atom. The first-order valence-electron chi connectivity index (χ1n) is 4.14. The zero-order valence-corrected chi connectivity index (χ0v) is 9.80. The molecular weight excluding hydrogens is 281 g/mol. The van der Waals surface area contributed by atoms with Gasteiger partial charge in [0.05, 0.1) is 27.8 Å². The molecule has 1 aromatic carbocycles. The van der Waals surface area contributed by atoms with E-state index in [0.29, 0.717) is 21.8 Å².